The van der Waals surface area contributed by atoms with Crippen LogP contribution in [0.1, 0.15) is 65.0 Å². The summed E-state index contributed by atoms with van der Waals surface area (Å²) in [5.41, 5.74) is 1.78. The molecule has 31 heavy (non-hydrogen) atoms. The molecule has 1 aliphatic heterocycles. The zero-order valence-corrected chi connectivity index (χ0v) is 19.8. The first kappa shape index (κ1) is 23.3. The van der Waals surface area contributed by atoms with E-state index in [1.54, 1.807) is 34.8 Å². The van der Waals surface area contributed by atoms with E-state index < -0.39 is 10.0 Å². The van der Waals surface area contributed by atoms with E-state index in [1.165, 1.54) is 0 Å². The van der Waals surface area contributed by atoms with E-state index in [0.29, 0.717) is 22.8 Å². The van der Waals surface area contributed by atoms with Crippen LogP contribution in [-0.4, -0.2) is 35.9 Å². The van der Waals surface area contributed by atoms with Crippen molar-refractivity contribution >= 4 is 10.0 Å². The standard InChI is InChI=1S/C25H32N2O3S/c1-7-20-9-15-24(26-17-20)30-19(3)16-22-12-8-18(2)27(22)31(28,29)23-13-10-21(11-14-23)25(4,5)6/h1,9-11,13-15,17-19,22H,8,12,16H2,2-6H3. The maximum atomic E-state index is 13.5. The van der Waals surface area contributed by atoms with E-state index in [9.17, 15) is 8.42 Å². The Hall–Kier alpha value is -2.36. The molecule has 6 heteroatoms. The lowest BCUT2D eigenvalue weighted by atomic mass is 9.87. The summed E-state index contributed by atoms with van der Waals surface area (Å²) in [6.45, 7) is 10.3. The lowest BCUT2D eigenvalue weighted by Crippen LogP contribution is -2.41. The van der Waals surface area contributed by atoms with Gasteiger partial charge in [0.1, 0.15) is 0 Å². The molecule has 2 heterocycles. The maximum absolute atomic E-state index is 13.5. The first-order valence-corrected chi connectivity index (χ1v) is 12.2. The van der Waals surface area contributed by atoms with Gasteiger partial charge in [0, 0.05) is 36.3 Å². The predicted octanol–water partition coefficient (Wildman–Crippen LogP) is 4.76. The van der Waals surface area contributed by atoms with E-state index in [-0.39, 0.29) is 23.6 Å². The molecule has 1 fully saturated rings. The van der Waals surface area contributed by atoms with Crippen molar-refractivity contribution in [2.24, 2.45) is 0 Å². The van der Waals surface area contributed by atoms with Crippen molar-refractivity contribution in [2.45, 2.75) is 82.4 Å². The van der Waals surface area contributed by atoms with Gasteiger partial charge in [-0.1, -0.05) is 38.8 Å². The zero-order chi connectivity index (χ0) is 22.8. The molecular formula is C25H32N2O3S. The molecule has 3 atom stereocenters. The molecular weight excluding hydrogens is 408 g/mol. The smallest absolute Gasteiger partial charge is 0.243 e. The van der Waals surface area contributed by atoms with Gasteiger partial charge >= 0.3 is 0 Å². The van der Waals surface area contributed by atoms with Gasteiger partial charge in [-0.25, -0.2) is 13.4 Å². The van der Waals surface area contributed by atoms with Gasteiger partial charge in [0.25, 0.3) is 0 Å². The lowest BCUT2D eigenvalue weighted by molar-refractivity contribution is 0.169. The average Bonchev–Trinajstić information content (AvgIpc) is 3.08. The Morgan fingerprint density at radius 1 is 1.19 bits per heavy atom. The van der Waals surface area contributed by atoms with E-state index in [2.05, 4.69) is 31.7 Å². The molecule has 0 spiro atoms. The van der Waals surface area contributed by atoms with Crippen molar-refractivity contribution in [1.29, 1.82) is 0 Å². The third-order valence-corrected chi connectivity index (χ3v) is 7.92. The summed E-state index contributed by atoms with van der Waals surface area (Å²) in [5, 5.41) is 0. The summed E-state index contributed by atoms with van der Waals surface area (Å²) < 4.78 is 34.6. The van der Waals surface area contributed by atoms with Crippen LogP contribution in [0.3, 0.4) is 0 Å². The Morgan fingerprint density at radius 2 is 1.87 bits per heavy atom. The van der Waals surface area contributed by atoms with E-state index in [1.807, 2.05) is 26.0 Å². The number of nitrogens with zero attached hydrogens (tertiary/aromatic N) is 2. The van der Waals surface area contributed by atoms with Crippen LogP contribution >= 0.6 is 0 Å². The Labute approximate surface area is 186 Å². The van der Waals surface area contributed by atoms with Crippen LogP contribution in [-0.2, 0) is 15.4 Å². The van der Waals surface area contributed by atoms with Gasteiger partial charge in [-0.15, -0.1) is 6.42 Å². The van der Waals surface area contributed by atoms with Gasteiger partial charge in [-0.05, 0) is 55.9 Å². The van der Waals surface area contributed by atoms with Crippen molar-refractivity contribution in [3.05, 3.63) is 53.7 Å². The van der Waals surface area contributed by atoms with Crippen LogP contribution in [0.2, 0.25) is 0 Å². The molecule has 0 amide bonds. The molecule has 1 saturated heterocycles. The van der Waals surface area contributed by atoms with Crippen LogP contribution in [0, 0.1) is 12.3 Å². The van der Waals surface area contributed by atoms with Gasteiger partial charge in [0.2, 0.25) is 15.9 Å². The highest BCUT2D eigenvalue weighted by molar-refractivity contribution is 7.89. The zero-order valence-electron chi connectivity index (χ0n) is 19.0. The molecule has 5 nitrogen and oxygen atoms in total. The summed E-state index contributed by atoms with van der Waals surface area (Å²) in [5.74, 6) is 3.02. The second-order valence-corrected chi connectivity index (χ2v) is 11.2. The van der Waals surface area contributed by atoms with E-state index in [0.717, 1.165) is 18.4 Å². The lowest BCUT2D eigenvalue weighted by Gasteiger charge is -2.29. The fourth-order valence-corrected chi connectivity index (χ4v) is 6.01. The van der Waals surface area contributed by atoms with Crippen molar-refractivity contribution < 1.29 is 13.2 Å². The number of benzene rings is 1. The number of terminal acetylenes is 1. The SMILES string of the molecule is C#Cc1ccc(OC(C)CC2CCC(C)N2S(=O)(=O)c2ccc(C(C)(C)C)cc2)nc1. The summed E-state index contributed by atoms with van der Waals surface area (Å²) >= 11 is 0. The highest BCUT2D eigenvalue weighted by atomic mass is 32.2. The number of aromatic nitrogens is 1. The monoisotopic (exact) mass is 440 g/mol. The number of hydrogen-bond acceptors (Lipinski definition) is 4. The van der Waals surface area contributed by atoms with Crippen molar-refractivity contribution in [2.75, 3.05) is 0 Å². The maximum Gasteiger partial charge on any atom is 0.243 e. The average molecular weight is 441 g/mol. The van der Waals surface area contributed by atoms with Crippen molar-refractivity contribution in [3.8, 4) is 18.2 Å². The van der Waals surface area contributed by atoms with Crippen LogP contribution < -0.4 is 4.74 Å². The Bertz CT molecular complexity index is 1030. The molecule has 3 rings (SSSR count). The largest absolute Gasteiger partial charge is 0.475 e. The van der Waals surface area contributed by atoms with Gasteiger partial charge < -0.3 is 4.74 Å². The van der Waals surface area contributed by atoms with Crippen LogP contribution in [0.4, 0.5) is 0 Å². The molecule has 0 saturated carbocycles. The van der Waals surface area contributed by atoms with Gasteiger partial charge in [0.05, 0.1) is 11.0 Å². The molecule has 1 aromatic heterocycles. The Morgan fingerprint density at radius 3 is 2.42 bits per heavy atom. The molecule has 0 radical (unpaired) electrons. The minimum Gasteiger partial charge on any atom is -0.475 e. The molecule has 1 aromatic carbocycles. The number of pyridine rings is 1. The first-order valence-electron chi connectivity index (χ1n) is 10.8. The van der Waals surface area contributed by atoms with Crippen LogP contribution in [0.5, 0.6) is 5.88 Å². The Balaban J connectivity index is 1.75. The van der Waals surface area contributed by atoms with E-state index >= 15 is 0 Å². The fourth-order valence-electron chi connectivity index (χ4n) is 4.12. The van der Waals surface area contributed by atoms with Gasteiger partial charge in [-0.2, -0.15) is 4.31 Å². The Kier molecular flexibility index (Phi) is 6.78. The highest BCUT2D eigenvalue weighted by Gasteiger charge is 2.40. The molecule has 1 aliphatic rings. The quantitative estimate of drug-likeness (QED) is 0.608. The number of ether oxygens (including phenoxy) is 1. The highest BCUT2D eigenvalue weighted by Crippen LogP contribution is 2.34. The van der Waals surface area contributed by atoms with Gasteiger partial charge in [0.15, 0.2) is 0 Å². The third kappa shape index (κ3) is 5.28. The topological polar surface area (TPSA) is 59.5 Å². The first-order chi connectivity index (χ1) is 14.5. The van der Waals surface area contributed by atoms with Crippen molar-refractivity contribution in [3.63, 3.8) is 0 Å². The second kappa shape index (κ2) is 9.02. The summed E-state index contributed by atoms with van der Waals surface area (Å²) in [6, 6.07) is 10.7. The van der Waals surface area contributed by atoms with Crippen LogP contribution in [0.15, 0.2) is 47.5 Å². The minimum absolute atomic E-state index is 0.0228. The molecule has 0 N–H and O–H groups in total. The molecule has 0 aliphatic carbocycles. The fraction of sp³-hybridized carbons (Fsp3) is 0.480. The molecule has 0 bridgehead atoms. The number of hydrogen-bond donors (Lipinski definition) is 0. The predicted molar refractivity (Wildman–Crippen MR) is 124 cm³/mol. The number of rotatable bonds is 6. The summed E-state index contributed by atoms with van der Waals surface area (Å²) in [4.78, 5) is 4.57. The second-order valence-electron chi connectivity index (χ2n) is 9.38. The molecule has 166 valence electrons. The molecule has 3 unspecified atom stereocenters. The van der Waals surface area contributed by atoms with Crippen molar-refractivity contribution in [1.82, 2.24) is 9.29 Å². The summed E-state index contributed by atoms with van der Waals surface area (Å²) in [6.07, 6.45) is 9.03. The van der Waals surface area contributed by atoms with Gasteiger partial charge in [-0.3, -0.25) is 0 Å². The van der Waals surface area contributed by atoms with E-state index in [4.69, 9.17) is 11.2 Å². The minimum atomic E-state index is -3.59. The number of sulfonamides is 1. The van der Waals surface area contributed by atoms with Crippen LogP contribution in [0.25, 0.3) is 0 Å². The third-order valence-electron chi connectivity index (χ3n) is 5.84. The normalized spacial score (nSPS) is 20.9. The summed E-state index contributed by atoms with van der Waals surface area (Å²) in [7, 11) is -3.59. The molecule has 2 aromatic rings.